The van der Waals surface area contributed by atoms with Crippen molar-refractivity contribution < 1.29 is 4.74 Å². The molecule has 1 nitrogen and oxygen atoms in total. The summed E-state index contributed by atoms with van der Waals surface area (Å²) in [7, 11) is 0. The maximum atomic E-state index is 5.81. The first-order valence-electron chi connectivity index (χ1n) is 10.1. The average molecular weight is 309 g/mol. The van der Waals surface area contributed by atoms with Crippen LogP contribution in [0, 0.1) is 0 Å². The molecule has 0 unspecified atom stereocenters. The van der Waals surface area contributed by atoms with Crippen LogP contribution in [0.2, 0.25) is 0 Å². The van der Waals surface area contributed by atoms with Crippen molar-refractivity contribution in [3.05, 3.63) is 12.7 Å². The van der Waals surface area contributed by atoms with Gasteiger partial charge in [0.25, 0.3) is 0 Å². The molecule has 0 aromatic heterocycles. The lowest BCUT2D eigenvalue weighted by Gasteiger charge is -2.01. The molecule has 0 aliphatic carbocycles. The maximum absolute atomic E-state index is 5.81. The predicted molar refractivity (Wildman–Crippen MR) is 98.4 cm³/mol. The first kappa shape index (κ1) is 19.7. The summed E-state index contributed by atoms with van der Waals surface area (Å²) in [5, 5.41) is 0. The van der Waals surface area contributed by atoms with Gasteiger partial charge >= 0.3 is 0 Å². The van der Waals surface area contributed by atoms with E-state index >= 15 is 0 Å². The second-order valence-corrected chi connectivity index (χ2v) is 7.11. The van der Waals surface area contributed by atoms with Gasteiger partial charge in [-0.3, -0.25) is 0 Å². The normalized spacial score (nSPS) is 20.2. The lowest BCUT2D eigenvalue weighted by atomic mass is 10.0. The molecule has 1 heterocycles. The summed E-state index contributed by atoms with van der Waals surface area (Å²) < 4.78 is 5.81. The minimum Gasteiger partial charge on any atom is -0.370 e. The Hall–Kier alpha value is -0.300. The Labute approximate surface area is 139 Å². The molecule has 130 valence electrons. The van der Waals surface area contributed by atoms with Crippen molar-refractivity contribution in [2.24, 2.45) is 0 Å². The summed E-state index contributed by atoms with van der Waals surface area (Å²) in [5.74, 6) is 0. The van der Waals surface area contributed by atoms with E-state index in [1.54, 1.807) is 0 Å². The molecule has 0 N–H and O–H groups in total. The number of ether oxygens (including phenoxy) is 1. The van der Waals surface area contributed by atoms with Gasteiger partial charge in [0.1, 0.15) is 0 Å². The van der Waals surface area contributed by atoms with Crippen LogP contribution < -0.4 is 0 Å². The molecular weight excluding hydrogens is 268 g/mol. The Morgan fingerprint density at radius 1 is 0.682 bits per heavy atom. The van der Waals surface area contributed by atoms with E-state index in [9.17, 15) is 0 Å². The second-order valence-electron chi connectivity index (χ2n) is 7.11. The van der Waals surface area contributed by atoms with Crippen LogP contribution in [0.15, 0.2) is 12.7 Å². The van der Waals surface area contributed by atoms with Crippen molar-refractivity contribution in [2.75, 3.05) is 0 Å². The number of rotatable bonds is 17. The molecule has 1 fully saturated rings. The topological polar surface area (TPSA) is 12.5 Å². The van der Waals surface area contributed by atoms with Gasteiger partial charge in [-0.05, 0) is 25.7 Å². The third-order valence-electron chi connectivity index (χ3n) is 4.93. The van der Waals surface area contributed by atoms with Crippen molar-refractivity contribution in [3.8, 4) is 0 Å². The fourth-order valence-corrected chi connectivity index (χ4v) is 3.33. The SMILES string of the molecule is C=CCCCCCCCCC[C@@H]1O[C@@H]1CCCCCCCC. The van der Waals surface area contributed by atoms with Gasteiger partial charge < -0.3 is 4.74 Å². The van der Waals surface area contributed by atoms with Gasteiger partial charge in [-0.15, -0.1) is 6.58 Å². The molecule has 1 aliphatic rings. The van der Waals surface area contributed by atoms with E-state index in [4.69, 9.17) is 4.74 Å². The zero-order chi connectivity index (χ0) is 15.9. The smallest absolute Gasteiger partial charge is 0.0841 e. The van der Waals surface area contributed by atoms with E-state index < -0.39 is 0 Å². The molecule has 1 rings (SSSR count). The summed E-state index contributed by atoms with van der Waals surface area (Å²) in [4.78, 5) is 0. The fraction of sp³-hybridized carbons (Fsp3) is 0.905. The molecule has 0 saturated carbocycles. The molecule has 0 amide bonds. The standard InChI is InChI=1S/C21H40O/c1-3-5-7-9-11-12-13-15-17-19-21-20(22-21)18-16-14-10-8-6-4-2/h3,20-21H,1,4-19H2,2H3/t20-,21+/m1/s1. The summed E-state index contributed by atoms with van der Waals surface area (Å²) in [6.07, 6.45) is 25.3. The van der Waals surface area contributed by atoms with Crippen molar-refractivity contribution in [3.63, 3.8) is 0 Å². The van der Waals surface area contributed by atoms with E-state index in [1.165, 1.54) is 103 Å². The van der Waals surface area contributed by atoms with Crippen LogP contribution in [-0.2, 0) is 4.74 Å². The minimum atomic E-state index is 0.628. The number of hydrogen-bond acceptors (Lipinski definition) is 1. The molecule has 0 bridgehead atoms. The highest BCUT2D eigenvalue weighted by atomic mass is 16.6. The Morgan fingerprint density at radius 3 is 1.64 bits per heavy atom. The number of unbranched alkanes of at least 4 members (excludes halogenated alkanes) is 12. The Kier molecular flexibility index (Phi) is 12.8. The van der Waals surface area contributed by atoms with Crippen molar-refractivity contribution >= 4 is 0 Å². The average Bonchev–Trinajstić information content (AvgIpc) is 3.27. The van der Waals surface area contributed by atoms with Gasteiger partial charge in [0.05, 0.1) is 12.2 Å². The van der Waals surface area contributed by atoms with Gasteiger partial charge in [0.15, 0.2) is 0 Å². The van der Waals surface area contributed by atoms with Crippen LogP contribution >= 0.6 is 0 Å². The highest BCUT2D eigenvalue weighted by molar-refractivity contribution is 4.84. The monoisotopic (exact) mass is 308 g/mol. The van der Waals surface area contributed by atoms with Gasteiger partial charge in [0.2, 0.25) is 0 Å². The Morgan fingerprint density at radius 2 is 1.14 bits per heavy atom. The lowest BCUT2D eigenvalue weighted by molar-refractivity contribution is 0.347. The highest BCUT2D eigenvalue weighted by Crippen LogP contribution is 2.31. The minimum absolute atomic E-state index is 0.628. The van der Waals surface area contributed by atoms with E-state index in [0.29, 0.717) is 12.2 Å². The largest absolute Gasteiger partial charge is 0.370 e. The highest BCUT2D eigenvalue weighted by Gasteiger charge is 2.36. The first-order chi connectivity index (χ1) is 10.9. The van der Waals surface area contributed by atoms with Gasteiger partial charge in [-0.1, -0.05) is 90.0 Å². The number of epoxide rings is 1. The molecule has 22 heavy (non-hydrogen) atoms. The quantitative estimate of drug-likeness (QED) is 0.157. The van der Waals surface area contributed by atoms with Crippen molar-refractivity contribution in [1.82, 2.24) is 0 Å². The van der Waals surface area contributed by atoms with Crippen LogP contribution in [0.5, 0.6) is 0 Å². The van der Waals surface area contributed by atoms with Crippen molar-refractivity contribution in [1.29, 1.82) is 0 Å². The predicted octanol–water partition coefficient (Wildman–Crippen LogP) is 7.20. The molecule has 2 atom stereocenters. The van der Waals surface area contributed by atoms with Crippen LogP contribution in [0.4, 0.5) is 0 Å². The van der Waals surface area contributed by atoms with E-state index in [-0.39, 0.29) is 0 Å². The number of hydrogen-bond donors (Lipinski definition) is 0. The van der Waals surface area contributed by atoms with E-state index in [1.807, 2.05) is 6.08 Å². The molecule has 0 radical (unpaired) electrons. The molecule has 1 aliphatic heterocycles. The summed E-state index contributed by atoms with van der Waals surface area (Å²) in [6, 6.07) is 0. The maximum Gasteiger partial charge on any atom is 0.0841 e. The third kappa shape index (κ3) is 11.3. The fourth-order valence-electron chi connectivity index (χ4n) is 3.33. The van der Waals surface area contributed by atoms with E-state index in [0.717, 1.165) is 0 Å². The van der Waals surface area contributed by atoms with Gasteiger partial charge in [-0.25, -0.2) is 0 Å². The molecule has 1 saturated heterocycles. The summed E-state index contributed by atoms with van der Waals surface area (Å²) in [5.41, 5.74) is 0. The Bertz CT molecular complexity index is 248. The molecule has 0 aromatic carbocycles. The van der Waals surface area contributed by atoms with Crippen molar-refractivity contribution in [2.45, 2.75) is 122 Å². The zero-order valence-corrected chi connectivity index (χ0v) is 15.2. The molecule has 0 spiro atoms. The summed E-state index contributed by atoms with van der Waals surface area (Å²) >= 11 is 0. The zero-order valence-electron chi connectivity index (χ0n) is 15.2. The van der Waals surface area contributed by atoms with Crippen LogP contribution in [0.25, 0.3) is 0 Å². The third-order valence-corrected chi connectivity index (χ3v) is 4.93. The van der Waals surface area contributed by atoms with Gasteiger partial charge in [-0.2, -0.15) is 0 Å². The Balaban J connectivity index is 1.74. The second kappa shape index (κ2) is 14.3. The first-order valence-corrected chi connectivity index (χ1v) is 10.1. The number of allylic oxidation sites excluding steroid dienone is 1. The van der Waals surface area contributed by atoms with Crippen LogP contribution in [-0.4, -0.2) is 12.2 Å². The lowest BCUT2D eigenvalue weighted by Crippen LogP contribution is -1.94. The molecule has 1 heteroatoms. The van der Waals surface area contributed by atoms with Crippen LogP contribution in [0.1, 0.15) is 110 Å². The van der Waals surface area contributed by atoms with Crippen LogP contribution in [0.3, 0.4) is 0 Å². The molecule has 0 aromatic rings. The van der Waals surface area contributed by atoms with Gasteiger partial charge in [0, 0.05) is 0 Å². The van der Waals surface area contributed by atoms with E-state index in [2.05, 4.69) is 13.5 Å². The molecular formula is C21H40O. The summed E-state index contributed by atoms with van der Waals surface area (Å²) in [6.45, 7) is 6.05.